The molecule has 5 rings (SSSR count). The summed E-state index contributed by atoms with van der Waals surface area (Å²) in [5, 5.41) is 5.79. The first-order chi connectivity index (χ1) is 23.2. The van der Waals surface area contributed by atoms with E-state index in [2.05, 4.69) is 10.4 Å². The van der Waals surface area contributed by atoms with E-state index in [0.29, 0.717) is 16.8 Å². The summed E-state index contributed by atoms with van der Waals surface area (Å²) in [5.41, 5.74) is -3.57. The van der Waals surface area contributed by atoms with Crippen LogP contribution in [-0.2, 0) is 30.4 Å². The van der Waals surface area contributed by atoms with Crippen molar-refractivity contribution < 1.29 is 53.9 Å². The second-order valence-electron chi connectivity index (χ2n) is 11.3. The van der Waals surface area contributed by atoms with Crippen LogP contribution < -0.4 is 5.32 Å². The van der Waals surface area contributed by atoms with Crippen LogP contribution in [0.3, 0.4) is 0 Å². The third-order valence-corrected chi connectivity index (χ3v) is 9.02. The first kappa shape index (κ1) is 37.2. The number of alkyl halides is 8. The molecule has 264 valence electrons. The van der Waals surface area contributed by atoms with E-state index >= 15 is 4.39 Å². The number of aromatic nitrogens is 2. The zero-order chi connectivity index (χ0) is 36.9. The minimum atomic E-state index is -5.02. The van der Waals surface area contributed by atoms with Crippen molar-refractivity contribution in [3.8, 4) is 0 Å². The summed E-state index contributed by atoms with van der Waals surface area (Å²) >= 11 is 18.6. The highest BCUT2D eigenvalue weighted by molar-refractivity contribution is 6.53. The SMILES string of the molecule is O=C(Cc1c(F)ccc(CC(=O)c2cc(NC(=O)[C@H]3[C@H](c4ccc(F)c(C(F)(F)F)c4)C3(Cl)Cl)ccc2Cl)c1F)c1ccn(CC(F)(F)F)n1. The first-order valence-electron chi connectivity index (χ1n) is 14.1. The Morgan fingerprint density at radius 3 is 2.20 bits per heavy atom. The van der Waals surface area contributed by atoms with E-state index in [4.69, 9.17) is 34.8 Å². The summed E-state index contributed by atoms with van der Waals surface area (Å²) in [7, 11) is 0. The molecule has 1 fully saturated rings. The third-order valence-electron chi connectivity index (χ3n) is 7.75. The highest BCUT2D eigenvalue weighted by Crippen LogP contribution is 2.65. The van der Waals surface area contributed by atoms with Crippen molar-refractivity contribution in [1.29, 1.82) is 0 Å². The Bertz CT molecular complexity index is 2010. The Hall–Kier alpha value is -4.08. The lowest BCUT2D eigenvalue weighted by Gasteiger charge is -2.11. The number of amides is 1. The molecule has 0 bridgehead atoms. The minimum absolute atomic E-state index is 0.0385. The quantitative estimate of drug-likeness (QED) is 0.0993. The number of nitrogens with one attached hydrogen (secondary N) is 1. The molecule has 2 atom stereocenters. The number of ketones is 2. The molecule has 1 aliphatic rings. The van der Waals surface area contributed by atoms with Gasteiger partial charge in [-0.25, -0.2) is 13.2 Å². The van der Waals surface area contributed by atoms with Crippen LogP contribution in [0.25, 0.3) is 0 Å². The van der Waals surface area contributed by atoms with Crippen molar-refractivity contribution in [1.82, 2.24) is 9.78 Å². The lowest BCUT2D eigenvalue weighted by molar-refractivity contribution is -0.142. The molecule has 1 aromatic heterocycles. The maximum absolute atomic E-state index is 15.4. The van der Waals surface area contributed by atoms with E-state index in [1.54, 1.807) is 0 Å². The van der Waals surface area contributed by atoms with Gasteiger partial charge < -0.3 is 5.32 Å². The van der Waals surface area contributed by atoms with E-state index in [0.717, 1.165) is 36.5 Å². The van der Waals surface area contributed by atoms with Gasteiger partial charge in [0.05, 0.1) is 16.5 Å². The molecular weight excluding hydrogens is 752 g/mol. The molecule has 0 unspecified atom stereocenters. The van der Waals surface area contributed by atoms with E-state index < -0.39 is 99.7 Å². The Morgan fingerprint density at radius 2 is 1.54 bits per heavy atom. The van der Waals surface area contributed by atoms with Crippen LogP contribution in [0.1, 0.15) is 49.0 Å². The van der Waals surface area contributed by atoms with Crippen molar-refractivity contribution in [3.63, 3.8) is 0 Å². The van der Waals surface area contributed by atoms with Crippen LogP contribution in [0.4, 0.5) is 45.2 Å². The molecule has 1 aliphatic carbocycles. The van der Waals surface area contributed by atoms with Gasteiger partial charge in [-0.1, -0.05) is 23.7 Å². The molecule has 1 N–H and O–H groups in total. The molecule has 0 aliphatic heterocycles. The van der Waals surface area contributed by atoms with Crippen LogP contribution in [0.5, 0.6) is 0 Å². The molecule has 0 spiro atoms. The lowest BCUT2D eigenvalue weighted by atomic mass is 9.97. The molecule has 0 radical (unpaired) electrons. The molecule has 1 amide bonds. The summed E-state index contributed by atoms with van der Waals surface area (Å²) in [5.74, 6) is -9.07. The summed E-state index contributed by atoms with van der Waals surface area (Å²) in [6.07, 6.45) is -10.4. The maximum Gasteiger partial charge on any atom is 0.419 e. The monoisotopic (exact) mass is 769 g/mol. The number of Topliss-reactive ketones (excluding diaryl/α,β-unsaturated/α-hetero) is 2. The molecule has 1 saturated carbocycles. The maximum atomic E-state index is 15.4. The number of carbonyl (C=O) groups is 3. The number of halogens is 12. The van der Waals surface area contributed by atoms with Crippen LogP contribution in [0.15, 0.2) is 60.8 Å². The highest BCUT2D eigenvalue weighted by Gasteiger charge is 2.67. The van der Waals surface area contributed by atoms with Crippen molar-refractivity contribution in [2.45, 2.75) is 42.0 Å². The number of nitrogens with zero attached hydrogens (tertiary/aromatic N) is 2. The molecule has 18 heteroatoms. The summed E-state index contributed by atoms with van der Waals surface area (Å²) in [6.45, 7) is -1.49. The second-order valence-corrected chi connectivity index (χ2v) is 13.1. The predicted molar refractivity (Wildman–Crippen MR) is 163 cm³/mol. The van der Waals surface area contributed by atoms with Gasteiger partial charge in [0.2, 0.25) is 5.91 Å². The van der Waals surface area contributed by atoms with Gasteiger partial charge in [0.15, 0.2) is 11.6 Å². The minimum Gasteiger partial charge on any atom is -0.326 e. The molecule has 0 saturated heterocycles. The lowest BCUT2D eigenvalue weighted by Crippen LogP contribution is -2.18. The van der Waals surface area contributed by atoms with Crippen molar-refractivity contribution >= 4 is 58.0 Å². The zero-order valence-corrected chi connectivity index (χ0v) is 27.0. The van der Waals surface area contributed by atoms with Crippen LogP contribution >= 0.6 is 34.8 Å². The van der Waals surface area contributed by atoms with Gasteiger partial charge >= 0.3 is 12.4 Å². The number of anilines is 1. The Labute approximate surface area is 291 Å². The van der Waals surface area contributed by atoms with Crippen molar-refractivity contribution in [2.75, 3.05) is 5.32 Å². The Kier molecular flexibility index (Phi) is 10.1. The molecule has 1 heterocycles. The largest absolute Gasteiger partial charge is 0.419 e. The van der Waals surface area contributed by atoms with Gasteiger partial charge in [-0.2, -0.15) is 31.4 Å². The Morgan fingerprint density at radius 1 is 0.860 bits per heavy atom. The number of carbonyl (C=O) groups excluding carboxylic acids is 3. The van der Waals surface area contributed by atoms with Gasteiger partial charge in [0, 0.05) is 41.8 Å². The Balaban J connectivity index is 1.30. The van der Waals surface area contributed by atoms with Gasteiger partial charge in [0.25, 0.3) is 0 Å². The second kappa shape index (κ2) is 13.6. The van der Waals surface area contributed by atoms with E-state index in [-0.39, 0.29) is 27.4 Å². The standard InChI is InChI=1S/C32H19Cl3F9N3O3/c33-20-4-3-16(45-29(50)27-26(31(27,34)35)14-1-6-22(37)19(9-14)32(42,43)44)11-17(20)24(48)10-15-2-5-21(36)18(28(15)38)12-25(49)23-7-8-47(46-23)13-30(39,40)41/h1-9,11,26-27H,10,12-13H2,(H,45,50)/t26-,27+/m0/s1. The zero-order valence-electron chi connectivity index (χ0n) is 24.7. The summed E-state index contributed by atoms with van der Waals surface area (Å²) in [6, 6.07) is 8.41. The number of rotatable bonds is 10. The fraction of sp³-hybridized carbons (Fsp3) is 0.250. The third kappa shape index (κ3) is 7.94. The van der Waals surface area contributed by atoms with Crippen LogP contribution in [-0.4, -0.2) is 37.8 Å². The average Bonchev–Trinajstić information content (AvgIpc) is 3.31. The predicted octanol–water partition coefficient (Wildman–Crippen LogP) is 8.91. The fourth-order valence-corrected chi connectivity index (χ4v) is 6.36. The first-order valence-corrected chi connectivity index (χ1v) is 15.3. The van der Waals surface area contributed by atoms with E-state index in [1.165, 1.54) is 12.1 Å². The fourth-order valence-electron chi connectivity index (χ4n) is 5.30. The number of benzene rings is 3. The van der Waals surface area contributed by atoms with Gasteiger partial charge in [-0.3, -0.25) is 19.1 Å². The van der Waals surface area contributed by atoms with E-state index in [9.17, 15) is 49.5 Å². The molecule has 4 aromatic rings. The number of hydrogen-bond acceptors (Lipinski definition) is 4. The van der Waals surface area contributed by atoms with E-state index in [1.807, 2.05) is 0 Å². The molecule has 6 nitrogen and oxygen atoms in total. The summed E-state index contributed by atoms with van der Waals surface area (Å²) < 4.78 is 120. The molecule has 50 heavy (non-hydrogen) atoms. The topological polar surface area (TPSA) is 81.1 Å². The molecule has 3 aromatic carbocycles. The van der Waals surface area contributed by atoms with Crippen molar-refractivity contribution in [2.24, 2.45) is 5.92 Å². The smallest absolute Gasteiger partial charge is 0.326 e. The van der Waals surface area contributed by atoms with Gasteiger partial charge in [-0.05, 0) is 53.6 Å². The van der Waals surface area contributed by atoms with Gasteiger partial charge in [-0.15, -0.1) is 23.2 Å². The number of hydrogen-bond donors (Lipinski definition) is 1. The van der Waals surface area contributed by atoms with Crippen molar-refractivity contribution in [3.05, 3.63) is 117 Å². The average molecular weight is 771 g/mol. The molecular formula is C32H19Cl3F9N3O3. The normalized spacial score (nSPS) is 17.0. The summed E-state index contributed by atoms with van der Waals surface area (Å²) in [4.78, 5) is 38.9. The van der Waals surface area contributed by atoms with Crippen LogP contribution in [0, 0.1) is 23.4 Å². The highest BCUT2D eigenvalue weighted by atomic mass is 35.5. The van der Waals surface area contributed by atoms with Crippen LogP contribution in [0.2, 0.25) is 5.02 Å². The van der Waals surface area contributed by atoms with Gasteiger partial charge in [0.1, 0.15) is 34.0 Å².